The first-order valence-electron chi connectivity index (χ1n) is 8.64. The van der Waals surface area contributed by atoms with Gasteiger partial charge in [-0.05, 0) is 43.3 Å². The minimum absolute atomic E-state index is 0.0350. The molecule has 0 aliphatic heterocycles. The van der Waals surface area contributed by atoms with Crippen molar-refractivity contribution in [2.75, 3.05) is 12.9 Å². The second-order valence-corrected chi connectivity index (χ2v) is 6.80. The van der Waals surface area contributed by atoms with E-state index in [0.29, 0.717) is 33.9 Å². The molecule has 2 aromatic carbocycles. The van der Waals surface area contributed by atoms with Gasteiger partial charge in [-0.3, -0.25) is 24.3 Å². The minimum atomic E-state index is -0.493. The molecule has 3 rings (SSSR count). The topological polar surface area (TPSA) is 90.3 Å². The Hall–Kier alpha value is -3.13. The molecule has 1 heterocycles. The van der Waals surface area contributed by atoms with Gasteiger partial charge in [-0.25, -0.2) is 4.98 Å². The molecule has 0 aliphatic carbocycles. The zero-order chi connectivity index (χ0) is 20.1. The Balaban J connectivity index is 1.70. The predicted molar refractivity (Wildman–Crippen MR) is 108 cm³/mol. The first kappa shape index (κ1) is 19.6. The van der Waals surface area contributed by atoms with Crippen molar-refractivity contribution in [3.05, 3.63) is 64.4 Å². The zero-order valence-corrected chi connectivity index (χ0v) is 16.3. The maximum atomic E-state index is 12.6. The van der Waals surface area contributed by atoms with E-state index in [-0.39, 0.29) is 11.3 Å². The summed E-state index contributed by atoms with van der Waals surface area (Å²) in [6.07, 6.45) is 0. The number of rotatable bonds is 6. The van der Waals surface area contributed by atoms with Gasteiger partial charge in [-0.15, -0.1) is 0 Å². The van der Waals surface area contributed by atoms with Crippen LogP contribution in [0.2, 0.25) is 0 Å². The average Bonchev–Trinajstić information content (AvgIpc) is 2.72. The normalized spacial score (nSPS) is 10.6. The third-order valence-corrected chi connectivity index (χ3v) is 5.06. The summed E-state index contributed by atoms with van der Waals surface area (Å²) in [4.78, 5) is 41.4. The number of imide groups is 1. The Morgan fingerprint density at radius 3 is 2.54 bits per heavy atom. The molecule has 0 aliphatic rings. The van der Waals surface area contributed by atoms with Crippen molar-refractivity contribution in [2.45, 2.75) is 18.6 Å². The summed E-state index contributed by atoms with van der Waals surface area (Å²) in [5.41, 5.74) is 0.785. The van der Waals surface area contributed by atoms with Crippen LogP contribution in [0.3, 0.4) is 0 Å². The summed E-state index contributed by atoms with van der Waals surface area (Å²) < 4.78 is 6.56. The first-order chi connectivity index (χ1) is 13.5. The highest BCUT2D eigenvalue weighted by Gasteiger charge is 2.14. The molecule has 0 bridgehead atoms. The molecule has 28 heavy (non-hydrogen) atoms. The van der Waals surface area contributed by atoms with E-state index in [1.54, 1.807) is 48.5 Å². The van der Waals surface area contributed by atoms with Gasteiger partial charge in [0.15, 0.2) is 5.16 Å². The van der Waals surface area contributed by atoms with Crippen LogP contribution in [0.5, 0.6) is 5.75 Å². The number of aromatic nitrogens is 2. The molecular formula is C20H19N3O4S. The van der Waals surface area contributed by atoms with Crippen molar-refractivity contribution >= 4 is 34.5 Å². The van der Waals surface area contributed by atoms with E-state index in [9.17, 15) is 14.4 Å². The molecule has 8 heteroatoms. The van der Waals surface area contributed by atoms with Gasteiger partial charge in [-0.1, -0.05) is 23.9 Å². The number of amides is 2. The molecule has 1 aromatic heterocycles. The van der Waals surface area contributed by atoms with Crippen LogP contribution in [0, 0.1) is 0 Å². The molecule has 1 N–H and O–H groups in total. The van der Waals surface area contributed by atoms with Crippen LogP contribution in [-0.2, 0) is 11.3 Å². The van der Waals surface area contributed by atoms with Gasteiger partial charge in [0.2, 0.25) is 5.91 Å². The van der Waals surface area contributed by atoms with Crippen LogP contribution in [0.15, 0.2) is 58.5 Å². The number of nitrogens with zero attached hydrogens (tertiary/aromatic N) is 2. The van der Waals surface area contributed by atoms with Gasteiger partial charge < -0.3 is 4.74 Å². The summed E-state index contributed by atoms with van der Waals surface area (Å²) in [5, 5.41) is 3.32. The molecule has 0 radical (unpaired) electrons. The second kappa shape index (κ2) is 8.71. The van der Waals surface area contributed by atoms with E-state index in [1.165, 1.54) is 11.7 Å². The van der Waals surface area contributed by atoms with Crippen LogP contribution in [0.25, 0.3) is 10.9 Å². The quantitative estimate of drug-likeness (QED) is 0.508. The number of carbonyl (C=O) groups excluding carboxylic acids is 2. The Kier molecular flexibility index (Phi) is 6.10. The van der Waals surface area contributed by atoms with Crippen molar-refractivity contribution in [2.24, 2.45) is 0 Å². The van der Waals surface area contributed by atoms with Gasteiger partial charge in [0.25, 0.3) is 11.5 Å². The van der Waals surface area contributed by atoms with E-state index in [4.69, 9.17) is 4.74 Å². The number of methoxy groups -OCH3 is 1. The molecule has 0 unspecified atom stereocenters. The molecular weight excluding hydrogens is 378 g/mol. The van der Waals surface area contributed by atoms with Gasteiger partial charge in [0.05, 0.1) is 23.8 Å². The third-order valence-electron chi connectivity index (χ3n) is 4.08. The van der Waals surface area contributed by atoms with Crippen molar-refractivity contribution in [3.63, 3.8) is 0 Å². The largest absolute Gasteiger partial charge is 0.497 e. The summed E-state index contributed by atoms with van der Waals surface area (Å²) >= 11 is 1.12. The molecule has 0 saturated heterocycles. The number of benzene rings is 2. The zero-order valence-electron chi connectivity index (χ0n) is 15.5. The fourth-order valence-corrected chi connectivity index (χ4v) is 3.51. The lowest BCUT2D eigenvalue weighted by molar-refractivity contribution is -0.117. The molecule has 0 spiro atoms. The fraction of sp³-hybridized carbons (Fsp3) is 0.200. The van der Waals surface area contributed by atoms with Gasteiger partial charge in [0, 0.05) is 12.1 Å². The Bertz CT molecular complexity index is 1080. The highest BCUT2D eigenvalue weighted by atomic mass is 32.2. The molecule has 7 nitrogen and oxygen atoms in total. The Morgan fingerprint density at radius 2 is 1.86 bits per heavy atom. The van der Waals surface area contributed by atoms with Gasteiger partial charge in [-0.2, -0.15) is 0 Å². The maximum Gasteiger partial charge on any atom is 0.262 e. The van der Waals surface area contributed by atoms with E-state index in [0.717, 1.165) is 11.8 Å². The van der Waals surface area contributed by atoms with E-state index < -0.39 is 11.8 Å². The Labute approximate surface area is 165 Å². The predicted octanol–water partition coefficient (Wildman–Crippen LogP) is 2.47. The molecule has 144 valence electrons. The third kappa shape index (κ3) is 4.23. The highest BCUT2D eigenvalue weighted by Crippen LogP contribution is 2.17. The van der Waals surface area contributed by atoms with Gasteiger partial charge in [0.1, 0.15) is 5.75 Å². The summed E-state index contributed by atoms with van der Waals surface area (Å²) in [6, 6.07) is 13.5. The van der Waals surface area contributed by atoms with Crippen molar-refractivity contribution in [3.8, 4) is 5.75 Å². The summed E-state index contributed by atoms with van der Waals surface area (Å²) in [7, 11) is 1.53. The standard InChI is InChI=1S/C20H19N3O4S/c1-3-23-19(26)15-6-4-5-7-16(15)21-20(23)28-12-17(24)22-18(25)13-8-10-14(27-2)11-9-13/h4-11H,3,12H2,1-2H3,(H,22,24,25). The van der Waals surface area contributed by atoms with E-state index >= 15 is 0 Å². The lowest BCUT2D eigenvalue weighted by atomic mass is 10.2. The molecule has 0 atom stereocenters. The first-order valence-corrected chi connectivity index (χ1v) is 9.62. The summed E-state index contributed by atoms with van der Waals surface area (Å²) in [5.74, 6) is -0.367. The number of carbonyl (C=O) groups is 2. The number of thioether (sulfide) groups is 1. The number of hydrogen-bond acceptors (Lipinski definition) is 6. The fourth-order valence-electron chi connectivity index (χ4n) is 2.64. The smallest absolute Gasteiger partial charge is 0.262 e. The van der Waals surface area contributed by atoms with Crippen LogP contribution in [0.1, 0.15) is 17.3 Å². The van der Waals surface area contributed by atoms with Crippen molar-refractivity contribution in [1.29, 1.82) is 0 Å². The SMILES string of the molecule is CCn1c(SCC(=O)NC(=O)c2ccc(OC)cc2)nc2ccccc2c1=O. The van der Waals surface area contributed by atoms with Crippen LogP contribution in [-0.4, -0.2) is 34.2 Å². The average molecular weight is 397 g/mol. The lowest BCUT2D eigenvalue weighted by Crippen LogP contribution is -2.32. The number of hydrogen-bond donors (Lipinski definition) is 1. The lowest BCUT2D eigenvalue weighted by Gasteiger charge is -2.11. The summed E-state index contributed by atoms with van der Waals surface area (Å²) in [6.45, 7) is 2.28. The Morgan fingerprint density at radius 1 is 1.14 bits per heavy atom. The monoisotopic (exact) mass is 397 g/mol. The van der Waals surface area contributed by atoms with Crippen LogP contribution >= 0.6 is 11.8 Å². The maximum absolute atomic E-state index is 12.6. The molecule has 2 amide bonds. The molecule has 0 saturated carbocycles. The number of fused-ring (bicyclic) bond motifs is 1. The van der Waals surface area contributed by atoms with Crippen LogP contribution in [0.4, 0.5) is 0 Å². The van der Waals surface area contributed by atoms with Crippen molar-refractivity contribution in [1.82, 2.24) is 14.9 Å². The number of nitrogens with one attached hydrogen (secondary N) is 1. The highest BCUT2D eigenvalue weighted by molar-refractivity contribution is 7.99. The van der Waals surface area contributed by atoms with E-state index in [2.05, 4.69) is 10.3 Å². The van der Waals surface area contributed by atoms with E-state index in [1.807, 2.05) is 6.92 Å². The molecule has 0 fully saturated rings. The second-order valence-electron chi connectivity index (χ2n) is 5.86. The number of ether oxygens (including phenoxy) is 1. The van der Waals surface area contributed by atoms with Crippen LogP contribution < -0.4 is 15.6 Å². The minimum Gasteiger partial charge on any atom is -0.497 e. The number of para-hydroxylation sites is 1. The molecule has 3 aromatic rings. The van der Waals surface area contributed by atoms with Gasteiger partial charge >= 0.3 is 0 Å². The van der Waals surface area contributed by atoms with Crippen molar-refractivity contribution < 1.29 is 14.3 Å².